The molecule has 35 heavy (non-hydrogen) atoms. The molecule has 1 aromatic rings. The van der Waals surface area contributed by atoms with Gasteiger partial charge in [0.1, 0.15) is 0 Å². The molecule has 3 aliphatic carbocycles. The van der Waals surface area contributed by atoms with Crippen molar-refractivity contribution in [2.24, 2.45) is 29.6 Å². The molecule has 0 aromatic heterocycles. The lowest BCUT2D eigenvalue weighted by Gasteiger charge is -2.38. The fraction of sp³-hybridized carbons (Fsp3) is 0.824. The van der Waals surface area contributed by atoms with Crippen LogP contribution in [0.15, 0.2) is 24.3 Å². The zero-order chi connectivity index (χ0) is 24.3. The Labute approximate surface area is 217 Å². The molecule has 3 aliphatic rings. The van der Waals surface area contributed by atoms with Crippen molar-refractivity contribution in [2.45, 2.75) is 141 Å². The third-order valence-electron chi connectivity index (χ3n) is 10.5. The molecule has 0 nitrogen and oxygen atoms in total. The van der Waals surface area contributed by atoms with Gasteiger partial charge in [-0.15, -0.1) is 0 Å². The van der Waals surface area contributed by atoms with Crippen molar-refractivity contribution in [1.29, 1.82) is 0 Å². The summed E-state index contributed by atoms with van der Waals surface area (Å²) in [6, 6.07) is 9.46. The summed E-state index contributed by atoms with van der Waals surface area (Å²) in [5.74, 6) is 6.03. The molecular formula is C34H55F. The topological polar surface area (TPSA) is 0 Å². The van der Waals surface area contributed by atoms with E-state index in [1.165, 1.54) is 82.6 Å². The highest BCUT2D eigenvalue weighted by atomic mass is 19.1. The number of unbranched alkanes of at least 4 members (excludes halogenated alkanes) is 2. The van der Waals surface area contributed by atoms with E-state index in [1.54, 1.807) is 31.2 Å². The Hall–Kier alpha value is -0.850. The second kappa shape index (κ2) is 14.8. The van der Waals surface area contributed by atoms with Gasteiger partial charge in [-0.05, 0) is 117 Å². The minimum Gasteiger partial charge on any atom is -0.251 e. The number of hydrogen-bond acceptors (Lipinski definition) is 0. The highest BCUT2D eigenvalue weighted by Crippen LogP contribution is 2.44. The van der Waals surface area contributed by atoms with Crippen LogP contribution in [0.1, 0.15) is 146 Å². The van der Waals surface area contributed by atoms with Gasteiger partial charge < -0.3 is 0 Å². The van der Waals surface area contributed by atoms with Crippen molar-refractivity contribution in [3.63, 3.8) is 0 Å². The first kappa shape index (κ1) is 27.2. The molecule has 0 unspecified atom stereocenters. The van der Waals surface area contributed by atoms with Crippen LogP contribution in [-0.2, 0) is 6.42 Å². The van der Waals surface area contributed by atoms with Crippen LogP contribution in [0.3, 0.4) is 0 Å². The first-order valence-corrected chi connectivity index (χ1v) is 15.9. The lowest BCUT2D eigenvalue weighted by molar-refractivity contribution is 0.137. The van der Waals surface area contributed by atoms with Gasteiger partial charge >= 0.3 is 0 Å². The Morgan fingerprint density at radius 2 is 1.11 bits per heavy atom. The predicted octanol–water partition coefficient (Wildman–Crippen LogP) is 10.8. The van der Waals surface area contributed by atoms with Crippen molar-refractivity contribution in [1.82, 2.24) is 0 Å². The van der Waals surface area contributed by atoms with Gasteiger partial charge in [0, 0.05) is 0 Å². The summed E-state index contributed by atoms with van der Waals surface area (Å²) < 4.78 is 12.3. The standard InChI is InChI=1S/C34H55F/c1-2-6-27-10-18-31(19-11-27)33-22-14-29(15-23-33)8-9-30-16-24-34(25-17-30)32-20-12-28(13-21-32)7-4-3-5-26-35/h12-13,20-21,27,29-31,33-34H,2-11,14-19,22-26H2,1H3. The molecule has 3 fully saturated rings. The number of benzene rings is 1. The third-order valence-corrected chi connectivity index (χ3v) is 10.5. The van der Waals surface area contributed by atoms with Gasteiger partial charge in [-0.2, -0.15) is 0 Å². The molecule has 0 amide bonds. The molecule has 1 aromatic carbocycles. The second-order valence-electron chi connectivity index (χ2n) is 12.9. The van der Waals surface area contributed by atoms with Crippen molar-refractivity contribution < 1.29 is 4.39 Å². The van der Waals surface area contributed by atoms with E-state index >= 15 is 0 Å². The minimum atomic E-state index is -0.164. The van der Waals surface area contributed by atoms with E-state index in [9.17, 15) is 4.39 Å². The molecule has 4 rings (SSSR count). The van der Waals surface area contributed by atoms with E-state index < -0.39 is 0 Å². The molecule has 0 radical (unpaired) electrons. The van der Waals surface area contributed by atoms with E-state index in [4.69, 9.17) is 0 Å². The molecule has 3 saturated carbocycles. The highest BCUT2D eigenvalue weighted by molar-refractivity contribution is 5.26. The van der Waals surface area contributed by atoms with E-state index in [1.807, 2.05) is 0 Å². The zero-order valence-corrected chi connectivity index (χ0v) is 23.0. The van der Waals surface area contributed by atoms with Crippen LogP contribution in [-0.4, -0.2) is 6.67 Å². The minimum absolute atomic E-state index is 0.164. The smallest absolute Gasteiger partial charge is 0.0894 e. The van der Waals surface area contributed by atoms with Crippen molar-refractivity contribution in [2.75, 3.05) is 6.67 Å². The molecule has 1 heteroatoms. The van der Waals surface area contributed by atoms with Crippen LogP contribution in [0, 0.1) is 29.6 Å². The molecule has 0 spiro atoms. The van der Waals surface area contributed by atoms with Crippen LogP contribution < -0.4 is 0 Å². The van der Waals surface area contributed by atoms with Gasteiger partial charge in [-0.3, -0.25) is 4.39 Å². The Bertz CT molecular complexity index is 669. The molecule has 0 aliphatic heterocycles. The Morgan fingerprint density at radius 1 is 0.600 bits per heavy atom. The predicted molar refractivity (Wildman–Crippen MR) is 150 cm³/mol. The molecule has 0 atom stereocenters. The molecule has 198 valence electrons. The number of halogens is 1. The summed E-state index contributed by atoms with van der Waals surface area (Å²) >= 11 is 0. The quantitative estimate of drug-likeness (QED) is 0.260. The van der Waals surface area contributed by atoms with Crippen LogP contribution >= 0.6 is 0 Å². The maximum absolute atomic E-state index is 12.3. The lowest BCUT2D eigenvalue weighted by Crippen LogP contribution is -2.26. The lowest BCUT2D eigenvalue weighted by atomic mass is 9.68. The van der Waals surface area contributed by atoms with Gasteiger partial charge in [0.15, 0.2) is 0 Å². The average Bonchev–Trinajstić information content (AvgIpc) is 2.92. The number of aryl methyl sites for hydroxylation is 1. The summed E-state index contributed by atoms with van der Waals surface area (Å²) in [6.07, 6.45) is 27.9. The molecule has 0 heterocycles. The fourth-order valence-corrected chi connectivity index (χ4v) is 8.12. The van der Waals surface area contributed by atoms with E-state index in [2.05, 4.69) is 31.2 Å². The van der Waals surface area contributed by atoms with Gasteiger partial charge in [-0.25, -0.2) is 0 Å². The second-order valence-corrected chi connectivity index (χ2v) is 12.9. The fourth-order valence-electron chi connectivity index (χ4n) is 8.12. The normalized spacial score (nSPS) is 31.9. The third kappa shape index (κ3) is 8.60. The zero-order valence-electron chi connectivity index (χ0n) is 23.0. The van der Waals surface area contributed by atoms with E-state index in [0.29, 0.717) is 0 Å². The summed E-state index contributed by atoms with van der Waals surface area (Å²) in [6.45, 7) is 2.20. The number of alkyl halides is 1. The van der Waals surface area contributed by atoms with Gasteiger partial charge in [-0.1, -0.05) is 89.0 Å². The van der Waals surface area contributed by atoms with Crippen molar-refractivity contribution in [3.8, 4) is 0 Å². The molecule has 0 bridgehead atoms. The summed E-state index contributed by atoms with van der Waals surface area (Å²) in [5.41, 5.74) is 3.00. The van der Waals surface area contributed by atoms with Gasteiger partial charge in [0.05, 0.1) is 6.67 Å². The molecular weight excluding hydrogens is 427 g/mol. The Balaban J connectivity index is 1.08. The molecule has 0 N–H and O–H groups in total. The summed E-state index contributed by atoms with van der Waals surface area (Å²) in [7, 11) is 0. The van der Waals surface area contributed by atoms with Crippen LogP contribution in [0.2, 0.25) is 0 Å². The van der Waals surface area contributed by atoms with Crippen LogP contribution in [0.5, 0.6) is 0 Å². The number of hydrogen-bond donors (Lipinski definition) is 0. The Morgan fingerprint density at radius 3 is 1.63 bits per heavy atom. The van der Waals surface area contributed by atoms with E-state index in [0.717, 1.165) is 61.2 Å². The van der Waals surface area contributed by atoms with Crippen molar-refractivity contribution in [3.05, 3.63) is 35.4 Å². The molecule has 0 saturated heterocycles. The maximum atomic E-state index is 12.3. The van der Waals surface area contributed by atoms with Gasteiger partial charge in [0.25, 0.3) is 0 Å². The largest absolute Gasteiger partial charge is 0.251 e. The van der Waals surface area contributed by atoms with Crippen LogP contribution in [0.25, 0.3) is 0 Å². The first-order valence-electron chi connectivity index (χ1n) is 15.9. The Kier molecular flexibility index (Phi) is 11.5. The highest BCUT2D eigenvalue weighted by Gasteiger charge is 2.31. The average molecular weight is 483 g/mol. The van der Waals surface area contributed by atoms with Crippen LogP contribution in [0.4, 0.5) is 4.39 Å². The first-order chi connectivity index (χ1) is 17.2. The van der Waals surface area contributed by atoms with Gasteiger partial charge in [0.2, 0.25) is 0 Å². The van der Waals surface area contributed by atoms with E-state index in [-0.39, 0.29) is 6.67 Å². The maximum Gasteiger partial charge on any atom is 0.0894 e. The summed E-state index contributed by atoms with van der Waals surface area (Å²) in [5, 5.41) is 0. The number of rotatable bonds is 12. The monoisotopic (exact) mass is 482 g/mol. The summed E-state index contributed by atoms with van der Waals surface area (Å²) in [4.78, 5) is 0. The SMILES string of the molecule is CCCC1CCC(C2CCC(CCC3CCC(c4ccc(CCCCCF)cc4)CC3)CC2)CC1. The van der Waals surface area contributed by atoms with Crippen molar-refractivity contribution >= 4 is 0 Å².